The van der Waals surface area contributed by atoms with Gasteiger partial charge in [0.05, 0.1) is 0 Å². The molecule has 0 unspecified atom stereocenters. The Labute approximate surface area is 164 Å². The number of rotatable bonds is 4. The van der Waals surface area contributed by atoms with Gasteiger partial charge < -0.3 is 10.2 Å². The molecule has 3 aromatic rings. The van der Waals surface area contributed by atoms with Gasteiger partial charge in [-0.25, -0.2) is 0 Å². The van der Waals surface area contributed by atoms with E-state index in [0.717, 1.165) is 23.2 Å². The summed E-state index contributed by atoms with van der Waals surface area (Å²) in [4.78, 5) is 27.3. The summed E-state index contributed by atoms with van der Waals surface area (Å²) in [6.45, 7) is 3.15. The highest BCUT2D eigenvalue weighted by Gasteiger charge is 2.25. The molecule has 3 aromatic carbocycles. The van der Waals surface area contributed by atoms with E-state index in [-0.39, 0.29) is 11.8 Å². The molecule has 0 aromatic heterocycles. The Balaban J connectivity index is 1.48. The molecule has 0 radical (unpaired) electrons. The van der Waals surface area contributed by atoms with Gasteiger partial charge in [-0.15, -0.1) is 0 Å². The van der Waals surface area contributed by atoms with Crippen molar-refractivity contribution >= 4 is 17.5 Å². The molecule has 0 spiro atoms. The Morgan fingerprint density at radius 2 is 1.71 bits per heavy atom. The zero-order valence-electron chi connectivity index (χ0n) is 15.8. The molecular formula is C24H22N2O2. The molecule has 4 rings (SSSR count). The maximum atomic E-state index is 13.0. The molecule has 0 aliphatic carbocycles. The number of amides is 2. The second kappa shape index (κ2) is 7.69. The lowest BCUT2D eigenvalue weighted by Gasteiger charge is -2.17. The average molecular weight is 370 g/mol. The lowest BCUT2D eigenvalue weighted by Crippen LogP contribution is -2.29. The van der Waals surface area contributed by atoms with Crippen LogP contribution in [0, 0.1) is 6.92 Å². The highest BCUT2D eigenvalue weighted by Crippen LogP contribution is 2.28. The number of nitrogens with one attached hydrogen (secondary N) is 1. The lowest BCUT2D eigenvalue weighted by molar-refractivity contribution is 0.0951. The summed E-state index contributed by atoms with van der Waals surface area (Å²) >= 11 is 0. The number of carbonyl (C=O) groups is 2. The molecule has 4 nitrogen and oxygen atoms in total. The minimum atomic E-state index is -0.182. The van der Waals surface area contributed by atoms with E-state index < -0.39 is 0 Å². The Morgan fingerprint density at radius 1 is 0.929 bits per heavy atom. The Morgan fingerprint density at radius 3 is 2.57 bits per heavy atom. The van der Waals surface area contributed by atoms with Gasteiger partial charge in [0.15, 0.2) is 0 Å². The number of carbonyl (C=O) groups excluding carboxylic acids is 2. The number of aryl methyl sites for hydroxylation is 1. The molecular weight excluding hydrogens is 348 g/mol. The standard InChI is InChI=1S/C24H22N2O2/c1-17-6-4-7-18(14-17)16-25-23(27)20-9-5-10-21(15-20)24(28)26-13-12-19-8-2-3-11-22(19)26/h2-11,14-15H,12-13,16H2,1H3,(H,25,27). The number of benzene rings is 3. The quantitative estimate of drug-likeness (QED) is 0.751. The maximum Gasteiger partial charge on any atom is 0.258 e. The molecule has 0 atom stereocenters. The third kappa shape index (κ3) is 3.67. The highest BCUT2D eigenvalue weighted by molar-refractivity contribution is 6.08. The van der Waals surface area contributed by atoms with E-state index in [2.05, 4.69) is 11.4 Å². The molecule has 1 aliphatic rings. The fourth-order valence-electron chi connectivity index (χ4n) is 3.61. The lowest BCUT2D eigenvalue weighted by atomic mass is 10.1. The van der Waals surface area contributed by atoms with Crippen LogP contribution < -0.4 is 10.2 Å². The Hall–Kier alpha value is -3.40. The van der Waals surface area contributed by atoms with E-state index in [0.29, 0.717) is 24.2 Å². The van der Waals surface area contributed by atoms with E-state index >= 15 is 0 Å². The fourth-order valence-corrected chi connectivity index (χ4v) is 3.61. The van der Waals surface area contributed by atoms with Crippen molar-refractivity contribution < 1.29 is 9.59 Å². The van der Waals surface area contributed by atoms with E-state index in [1.54, 1.807) is 29.2 Å². The summed E-state index contributed by atoms with van der Waals surface area (Å²) in [5.41, 5.74) is 5.37. The van der Waals surface area contributed by atoms with Gasteiger partial charge in [-0.2, -0.15) is 0 Å². The largest absolute Gasteiger partial charge is 0.348 e. The van der Waals surface area contributed by atoms with Crippen LogP contribution in [0.15, 0.2) is 72.8 Å². The van der Waals surface area contributed by atoms with E-state index in [4.69, 9.17) is 0 Å². The Bertz CT molecular complexity index is 1040. The van der Waals surface area contributed by atoms with Gasteiger partial charge >= 0.3 is 0 Å². The normalized spacial score (nSPS) is 12.5. The molecule has 2 amide bonds. The van der Waals surface area contributed by atoms with E-state index in [1.807, 2.05) is 49.4 Å². The minimum Gasteiger partial charge on any atom is -0.348 e. The van der Waals surface area contributed by atoms with Crippen molar-refractivity contribution in [2.75, 3.05) is 11.4 Å². The molecule has 140 valence electrons. The second-order valence-electron chi connectivity index (χ2n) is 7.09. The molecule has 1 heterocycles. The molecule has 0 saturated carbocycles. The summed E-state index contributed by atoms with van der Waals surface area (Å²) in [5, 5.41) is 2.93. The average Bonchev–Trinajstić information content (AvgIpc) is 3.16. The van der Waals surface area contributed by atoms with Gasteiger partial charge in [-0.1, -0.05) is 54.1 Å². The topological polar surface area (TPSA) is 49.4 Å². The van der Waals surface area contributed by atoms with Crippen LogP contribution in [0.4, 0.5) is 5.69 Å². The van der Waals surface area contributed by atoms with Crippen molar-refractivity contribution in [3.8, 4) is 0 Å². The zero-order chi connectivity index (χ0) is 19.5. The Kier molecular flexibility index (Phi) is 4.94. The molecule has 0 bridgehead atoms. The van der Waals surface area contributed by atoms with Crippen LogP contribution in [0.1, 0.15) is 37.4 Å². The van der Waals surface area contributed by atoms with Crippen molar-refractivity contribution in [2.45, 2.75) is 19.9 Å². The first-order chi connectivity index (χ1) is 13.6. The van der Waals surface area contributed by atoms with Gasteiger partial charge in [0.1, 0.15) is 0 Å². The zero-order valence-corrected chi connectivity index (χ0v) is 15.8. The number of nitrogens with zero attached hydrogens (tertiary/aromatic N) is 1. The summed E-state index contributed by atoms with van der Waals surface area (Å²) in [6, 6.07) is 22.9. The number of fused-ring (bicyclic) bond motifs is 1. The predicted octanol–water partition coefficient (Wildman–Crippen LogP) is 4.13. The summed E-state index contributed by atoms with van der Waals surface area (Å²) in [7, 11) is 0. The van der Waals surface area contributed by atoms with Gasteiger partial charge in [-0.05, 0) is 48.7 Å². The van der Waals surface area contributed by atoms with Crippen molar-refractivity contribution in [1.29, 1.82) is 0 Å². The molecule has 0 fully saturated rings. The van der Waals surface area contributed by atoms with Gasteiger partial charge in [0.25, 0.3) is 11.8 Å². The molecule has 4 heteroatoms. The van der Waals surface area contributed by atoms with Crippen LogP contribution in [-0.2, 0) is 13.0 Å². The highest BCUT2D eigenvalue weighted by atomic mass is 16.2. The first kappa shape index (κ1) is 18.0. The SMILES string of the molecule is Cc1cccc(CNC(=O)c2cccc(C(=O)N3CCc4ccccc43)c2)c1. The molecule has 1 aliphatic heterocycles. The predicted molar refractivity (Wildman–Crippen MR) is 111 cm³/mol. The van der Waals surface area contributed by atoms with Gasteiger partial charge in [0.2, 0.25) is 0 Å². The maximum absolute atomic E-state index is 13.0. The monoisotopic (exact) mass is 370 g/mol. The molecule has 1 N–H and O–H groups in total. The van der Waals surface area contributed by atoms with Crippen molar-refractivity contribution in [3.05, 3.63) is 101 Å². The third-order valence-corrected chi connectivity index (χ3v) is 5.04. The van der Waals surface area contributed by atoms with Crippen LogP contribution in [0.5, 0.6) is 0 Å². The summed E-state index contributed by atoms with van der Waals surface area (Å²) in [6.07, 6.45) is 0.860. The minimum absolute atomic E-state index is 0.0710. The van der Waals surface area contributed by atoms with Crippen LogP contribution in [0.3, 0.4) is 0 Å². The molecule has 28 heavy (non-hydrogen) atoms. The fraction of sp³-hybridized carbons (Fsp3) is 0.167. The smallest absolute Gasteiger partial charge is 0.258 e. The second-order valence-corrected chi connectivity index (χ2v) is 7.09. The van der Waals surface area contributed by atoms with Crippen LogP contribution in [0.2, 0.25) is 0 Å². The molecule has 0 saturated heterocycles. The van der Waals surface area contributed by atoms with Crippen molar-refractivity contribution in [1.82, 2.24) is 5.32 Å². The first-order valence-electron chi connectivity index (χ1n) is 9.45. The number of hydrogen-bond acceptors (Lipinski definition) is 2. The van der Waals surface area contributed by atoms with Crippen molar-refractivity contribution in [2.24, 2.45) is 0 Å². The van der Waals surface area contributed by atoms with Gasteiger partial charge in [0, 0.05) is 29.9 Å². The number of para-hydroxylation sites is 1. The summed E-state index contributed by atoms with van der Waals surface area (Å²) in [5.74, 6) is -0.253. The number of hydrogen-bond donors (Lipinski definition) is 1. The van der Waals surface area contributed by atoms with Crippen LogP contribution in [0.25, 0.3) is 0 Å². The van der Waals surface area contributed by atoms with E-state index in [1.165, 1.54) is 5.56 Å². The number of anilines is 1. The first-order valence-corrected chi connectivity index (χ1v) is 9.45. The van der Waals surface area contributed by atoms with E-state index in [9.17, 15) is 9.59 Å². The van der Waals surface area contributed by atoms with Crippen LogP contribution >= 0.6 is 0 Å². The third-order valence-electron chi connectivity index (χ3n) is 5.04. The summed E-state index contributed by atoms with van der Waals surface area (Å²) < 4.78 is 0. The van der Waals surface area contributed by atoms with Crippen LogP contribution in [-0.4, -0.2) is 18.4 Å². The van der Waals surface area contributed by atoms with Crippen molar-refractivity contribution in [3.63, 3.8) is 0 Å². The van der Waals surface area contributed by atoms with Gasteiger partial charge in [-0.3, -0.25) is 9.59 Å².